The van der Waals surface area contributed by atoms with E-state index in [1.54, 1.807) is 23.1 Å². The minimum atomic E-state index is -0.727. The van der Waals surface area contributed by atoms with E-state index in [1.165, 1.54) is 0 Å². The third-order valence-electron chi connectivity index (χ3n) is 3.79. The molecule has 1 heterocycles. The van der Waals surface area contributed by atoms with Gasteiger partial charge >= 0.3 is 0 Å². The number of nitrogens with zero attached hydrogens (tertiary/aromatic N) is 1. The van der Waals surface area contributed by atoms with Gasteiger partial charge in [-0.25, -0.2) is 0 Å². The van der Waals surface area contributed by atoms with Gasteiger partial charge in [0.1, 0.15) is 12.4 Å². The van der Waals surface area contributed by atoms with Crippen LogP contribution in [0.25, 0.3) is 0 Å². The molecule has 0 spiro atoms. The lowest BCUT2D eigenvalue weighted by molar-refractivity contribution is 0.000743. The Morgan fingerprint density at radius 3 is 2.83 bits per heavy atom. The first-order chi connectivity index (χ1) is 10.6. The highest BCUT2D eigenvalue weighted by molar-refractivity contribution is 6.31. The summed E-state index contributed by atoms with van der Waals surface area (Å²) >= 11 is 5.97. The number of amides is 1. The molecule has 1 saturated heterocycles. The number of β-amino-alcohol motifs (C(OH)–C–C–N with tert-alkyl or cyclic N) is 1. The molecule has 0 saturated carbocycles. The van der Waals surface area contributed by atoms with Crippen LogP contribution in [0, 0.1) is 5.92 Å². The van der Waals surface area contributed by atoms with Crippen LogP contribution >= 0.6 is 24.0 Å². The van der Waals surface area contributed by atoms with Crippen LogP contribution in [-0.4, -0.2) is 60.0 Å². The number of nitrogens with two attached hydrogens (primary N) is 1. The molecule has 0 aliphatic carbocycles. The Labute approximate surface area is 146 Å². The number of benzene rings is 1. The van der Waals surface area contributed by atoms with Crippen LogP contribution in [0.15, 0.2) is 18.2 Å². The van der Waals surface area contributed by atoms with Crippen molar-refractivity contribution in [1.82, 2.24) is 4.90 Å². The van der Waals surface area contributed by atoms with Gasteiger partial charge < -0.3 is 25.6 Å². The fourth-order valence-electron chi connectivity index (χ4n) is 2.51. The molecule has 1 aromatic carbocycles. The SMILES string of the molecule is Cl.NCCOc1ccc(Cl)cc1C(=O)N1CC[C@H](CO)[C@H](O)C1. The third-order valence-corrected chi connectivity index (χ3v) is 4.03. The van der Waals surface area contributed by atoms with E-state index in [2.05, 4.69) is 0 Å². The Hall–Kier alpha value is -1.05. The molecule has 0 bridgehead atoms. The first kappa shape index (κ1) is 20.0. The van der Waals surface area contributed by atoms with Crippen molar-refractivity contribution in [2.45, 2.75) is 12.5 Å². The van der Waals surface area contributed by atoms with Gasteiger partial charge in [0.15, 0.2) is 0 Å². The normalized spacial score (nSPS) is 20.8. The lowest BCUT2D eigenvalue weighted by Crippen LogP contribution is -2.47. The maximum Gasteiger partial charge on any atom is 0.257 e. The second-order valence-electron chi connectivity index (χ2n) is 5.33. The summed E-state index contributed by atoms with van der Waals surface area (Å²) in [6.45, 7) is 1.23. The van der Waals surface area contributed by atoms with Crippen molar-refractivity contribution in [3.8, 4) is 5.75 Å². The van der Waals surface area contributed by atoms with E-state index in [0.29, 0.717) is 42.5 Å². The molecule has 23 heavy (non-hydrogen) atoms. The molecule has 4 N–H and O–H groups in total. The summed E-state index contributed by atoms with van der Waals surface area (Å²) in [6.07, 6.45) is -0.168. The van der Waals surface area contributed by atoms with Crippen molar-refractivity contribution in [2.75, 3.05) is 32.8 Å². The van der Waals surface area contributed by atoms with Gasteiger partial charge in [0.25, 0.3) is 5.91 Å². The summed E-state index contributed by atoms with van der Waals surface area (Å²) in [7, 11) is 0. The molecule has 2 atom stereocenters. The number of ether oxygens (including phenoxy) is 1. The monoisotopic (exact) mass is 364 g/mol. The largest absolute Gasteiger partial charge is 0.491 e. The van der Waals surface area contributed by atoms with E-state index in [0.717, 1.165) is 0 Å². The highest BCUT2D eigenvalue weighted by Crippen LogP contribution is 2.26. The number of carbonyl (C=O) groups excluding carboxylic acids is 1. The first-order valence-electron chi connectivity index (χ1n) is 7.27. The molecule has 1 aromatic rings. The smallest absolute Gasteiger partial charge is 0.257 e. The number of likely N-dealkylation sites (tertiary alicyclic amines) is 1. The van der Waals surface area contributed by atoms with Crippen LogP contribution in [-0.2, 0) is 0 Å². The second-order valence-corrected chi connectivity index (χ2v) is 5.76. The van der Waals surface area contributed by atoms with Gasteiger partial charge in [0.05, 0.1) is 11.7 Å². The quantitative estimate of drug-likeness (QED) is 0.721. The highest BCUT2D eigenvalue weighted by atomic mass is 35.5. The summed E-state index contributed by atoms with van der Waals surface area (Å²) in [6, 6.07) is 4.85. The van der Waals surface area contributed by atoms with Crippen molar-refractivity contribution < 1.29 is 19.7 Å². The van der Waals surface area contributed by atoms with Gasteiger partial charge in [0, 0.05) is 37.2 Å². The molecule has 6 nitrogen and oxygen atoms in total. The van der Waals surface area contributed by atoms with E-state index in [-0.39, 0.29) is 37.4 Å². The zero-order valence-corrected chi connectivity index (χ0v) is 14.2. The number of piperidine rings is 1. The number of carbonyl (C=O) groups is 1. The number of rotatable bonds is 5. The van der Waals surface area contributed by atoms with Gasteiger partial charge in [-0.1, -0.05) is 11.6 Å². The van der Waals surface area contributed by atoms with Gasteiger partial charge in [-0.05, 0) is 24.6 Å². The Kier molecular flexibility index (Phi) is 8.08. The fourth-order valence-corrected chi connectivity index (χ4v) is 2.68. The number of hydrogen-bond acceptors (Lipinski definition) is 5. The summed E-state index contributed by atoms with van der Waals surface area (Å²) in [5.41, 5.74) is 5.78. The van der Waals surface area contributed by atoms with E-state index in [4.69, 9.17) is 27.2 Å². The van der Waals surface area contributed by atoms with Crippen molar-refractivity contribution in [3.63, 3.8) is 0 Å². The van der Waals surface area contributed by atoms with Gasteiger partial charge in [-0.2, -0.15) is 0 Å². The lowest BCUT2D eigenvalue weighted by atomic mass is 9.94. The van der Waals surface area contributed by atoms with Crippen LogP contribution in [0.4, 0.5) is 0 Å². The van der Waals surface area contributed by atoms with Crippen molar-refractivity contribution >= 4 is 29.9 Å². The average molecular weight is 365 g/mol. The lowest BCUT2D eigenvalue weighted by Gasteiger charge is -2.35. The number of halogens is 2. The van der Waals surface area contributed by atoms with Crippen LogP contribution < -0.4 is 10.5 Å². The van der Waals surface area contributed by atoms with Crippen molar-refractivity contribution in [2.24, 2.45) is 11.7 Å². The van der Waals surface area contributed by atoms with Crippen LogP contribution in [0.1, 0.15) is 16.8 Å². The maximum atomic E-state index is 12.7. The molecule has 0 radical (unpaired) electrons. The highest BCUT2D eigenvalue weighted by Gasteiger charge is 2.31. The molecule has 8 heteroatoms. The topological polar surface area (TPSA) is 96.0 Å². The maximum absolute atomic E-state index is 12.7. The minimum Gasteiger partial charge on any atom is -0.491 e. The Morgan fingerprint density at radius 2 is 2.22 bits per heavy atom. The standard InChI is InChI=1S/C15H21ClN2O4.ClH/c16-11-1-2-14(22-6-4-17)12(7-11)15(21)18-5-3-10(9-19)13(20)8-18;/h1-2,7,10,13,19-20H,3-6,8-9,17H2;1H/t10-,13-;/m1./s1. The zero-order chi connectivity index (χ0) is 16.1. The molecule has 1 aliphatic rings. The first-order valence-corrected chi connectivity index (χ1v) is 7.65. The summed E-state index contributed by atoms with van der Waals surface area (Å²) in [5, 5.41) is 19.6. The van der Waals surface area contributed by atoms with E-state index in [9.17, 15) is 9.90 Å². The average Bonchev–Trinajstić information content (AvgIpc) is 2.52. The Bertz CT molecular complexity index is 530. The molecule has 0 aromatic heterocycles. The predicted molar refractivity (Wildman–Crippen MR) is 90.4 cm³/mol. The van der Waals surface area contributed by atoms with Gasteiger partial charge in [-0.15, -0.1) is 12.4 Å². The van der Waals surface area contributed by atoms with Gasteiger partial charge in [-0.3, -0.25) is 4.79 Å². The van der Waals surface area contributed by atoms with E-state index < -0.39 is 6.10 Å². The Morgan fingerprint density at radius 1 is 1.48 bits per heavy atom. The van der Waals surface area contributed by atoms with E-state index in [1.807, 2.05) is 0 Å². The van der Waals surface area contributed by atoms with E-state index >= 15 is 0 Å². The number of aliphatic hydroxyl groups is 2. The van der Waals surface area contributed by atoms with Crippen LogP contribution in [0.3, 0.4) is 0 Å². The van der Waals surface area contributed by atoms with Crippen molar-refractivity contribution in [1.29, 1.82) is 0 Å². The minimum absolute atomic E-state index is 0. The summed E-state index contributed by atoms with van der Waals surface area (Å²) in [4.78, 5) is 14.2. The molecule has 1 aliphatic heterocycles. The zero-order valence-electron chi connectivity index (χ0n) is 12.7. The molecule has 1 amide bonds. The summed E-state index contributed by atoms with van der Waals surface area (Å²) < 4.78 is 5.49. The van der Waals surface area contributed by atoms with Crippen LogP contribution in [0.5, 0.6) is 5.75 Å². The van der Waals surface area contributed by atoms with Crippen molar-refractivity contribution in [3.05, 3.63) is 28.8 Å². The third kappa shape index (κ3) is 4.96. The molecular formula is C15H22Cl2N2O4. The number of hydrogen-bond donors (Lipinski definition) is 3. The number of aliphatic hydroxyl groups excluding tert-OH is 2. The molecule has 2 rings (SSSR count). The second kappa shape index (κ2) is 9.30. The molecule has 1 fully saturated rings. The summed E-state index contributed by atoms with van der Waals surface area (Å²) in [5.74, 6) is -0.0000421. The predicted octanol–water partition coefficient (Wildman–Crippen LogP) is 0.915. The molecular weight excluding hydrogens is 343 g/mol. The molecule has 0 unspecified atom stereocenters. The van der Waals surface area contributed by atoms with Crippen LogP contribution in [0.2, 0.25) is 5.02 Å². The molecule has 130 valence electrons. The van der Waals surface area contributed by atoms with Gasteiger partial charge in [0.2, 0.25) is 0 Å². The Balaban J connectivity index is 0.00000264. The fraction of sp³-hybridized carbons (Fsp3) is 0.533.